The molecule has 1 aromatic rings. The summed E-state index contributed by atoms with van der Waals surface area (Å²) in [6.07, 6.45) is 0. The Morgan fingerprint density at radius 3 is 2.71 bits per heavy atom. The second-order valence-electron chi connectivity index (χ2n) is 3.96. The zero-order chi connectivity index (χ0) is 12.1. The molecule has 1 unspecified atom stereocenters. The van der Waals surface area contributed by atoms with Crippen LogP contribution in [0.2, 0.25) is 0 Å². The van der Waals surface area contributed by atoms with Gasteiger partial charge >= 0.3 is 0 Å². The van der Waals surface area contributed by atoms with E-state index in [0.717, 1.165) is 5.56 Å². The summed E-state index contributed by atoms with van der Waals surface area (Å²) in [5.41, 5.74) is 6.20. The number of carbonyl (C=O) groups is 1. The van der Waals surface area contributed by atoms with Crippen LogP contribution in [-0.4, -0.2) is 24.4 Å². The number of hydrogen-bond acceptors (Lipinski definition) is 2. The van der Waals surface area contributed by atoms with Crippen LogP contribution in [0.1, 0.15) is 12.5 Å². The predicted molar refractivity (Wildman–Crippen MR) is 68.3 cm³/mol. The van der Waals surface area contributed by atoms with Crippen LogP contribution in [0.4, 0.5) is 4.39 Å². The van der Waals surface area contributed by atoms with Gasteiger partial charge in [0.2, 0.25) is 5.91 Å². The zero-order valence-corrected chi connectivity index (χ0v) is 10.8. The van der Waals surface area contributed by atoms with E-state index in [1.54, 1.807) is 31.0 Å². The quantitative estimate of drug-likeness (QED) is 0.897. The van der Waals surface area contributed by atoms with Crippen LogP contribution >= 0.6 is 12.4 Å². The minimum absolute atomic E-state index is 0. The van der Waals surface area contributed by atoms with E-state index < -0.39 is 0 Å². The summed E-state index contributed by atoms with van der Waals surface area (Å²) in [7, 11) is 1.69. The highest BCUT2D eigenvalue weighted by Crippen LogP contribution is 2.08. The SMILES string of the molecule is CC(CN)C(=O)N(C)Cc1cccc(F)c1.Cl. The minimum Gasteiger partial charge on any atom is -0.341 e. The van der Waals surface area contributed by atoms with Gasteiger partial charge in [0.1, 0.15) is 5.82 Å². The van der Waals surface area contributed by atoms with Crippen LogP contribution in [0.15, 0.2) is 24.3 Å². The Morgan fingerprint density at radius 2 is 2.18 bits per heavy atom. The van der Waals surface area contributed by atoms with E-state index in [1.165, 1.54) is 12.1 Å². The van der Waals surface area contributed by atoms with E-state index >= 15 is 0 Å². The van der Waals surface area contributed by atoms with Gasteiger partial charge in [-0.3, -0.25) is 4.79 Å². The average molecular weight is 261 g/mol. The van der Waals surface area contributed by atoms with Crippen molar-refractivity contribution in [1.29, 1.82) is 0 Å². The molecule has 0 saturated heterocycles. The fourth-order valence-corrected chi connectivity index (χ4v) is 1.46. The molecule has 0 aliphatic carbocycles. The van der Waals surface area contributed by atoms with Crippen molar-refractivity contribution in [3.8, 4) is 0 Å². The Balaban J connectivity index is 0.00000256. The predicted octanol–water partition coefficient (Wildman–Crippen LogP) is 1.80. The van der Waals surface area contributed by atoms with Crippen molar-refractivity contribution in [3.05, 3.63) is 35.6 Å². The van der Waals surface area contributed by atoms with Gasteiger partial charge in [-0.2, -0.15) is 0 Å². The van der Waals surface area contributed by atoms with Crippen molar-refractivity contribution >= 4 is 18.3 Å². The standard InChI is InChI=1S/C12H17FN2O.ClH/c1-9(7-14)12(16)15(2)8-10-4-3-5-11(13)6-10;/h3-6,9H,7-8,14H2,1-2H3;1H. The molecule has 3 nitrogen and oxygen atoms in total. The van der Waals surface area contributed by atoms with Crippen molar-refractivity contribution in [2.45, 2.75) is 13.5 Å². The van der Waals surface area contributed by atoms with Crippen LogP contribution < -0.4 is 5.73 Å². The lowest BCUT2D eigenvalue weighted by Crippen LogP contribution is -2.34. The molecule has 1 aromatic carbocycles. The molecule has 0 bridgehead atoms. The van der Waals surface area contributed by atoms with Crippen LogP contribution in [0, 0.1) is 11.7 Å². The maximum absolute atomic E-state index is 12.9. The first-order valence-electron chi connectivity index (χ1n) is 5.24. The maximum Gasteiger partial charge on any atom is 0.226 e. The number of rotatable bonds is 4. The third kappa shape index (κ3) is 4.71. The van der Waals surface area contributed by atoms with Crippen molar-refractivity contribution in [2.75, 3.05) is 13.6 Å². The van der Waals surface area contributed by atoms with Crippen LogP contribution in [0.5, 0.6) is 0 Å². The largest absolute Gasteiger partial charge is 0.341 e. The highest BCUT2D eigenvalue weighted by atomic mass is 35.5. The number of nitrogens with two attached hydrogens (primary N) is 1. The third-order valence-corrected chi connectivity index (χ3v) is 2.46. The monoisotopic (exact) mass is 260 g/mol. The summed E-state index contributed by atoms with van der Waals surface area (Å²) in [6, 6.07) is 6.24. The fourth-order valence-electron chi connectivity index (χ4n) is 1.46. The molecule has 0 aliphatic heterocycles. The molecule has 1 rings (SSSR count). The number of hydrogen-bond donors (Lipinski definition) is 1. The van der Waals surface area contributed by atoms with Gasteiger partial charge in [-0.05, 0) is 17.7 Å². The van der Waals surface area contributed by atoms with Crippen LogP contribution in [0.25, 0.3) is 0 Å². The molecule has 1 amide bonds. The number of carbonyl (C=O) groups excluding carboxylic acids is 1. The van der Waals surface area contributed by atoms with Crippen molar-refractivity contribution in [3.63, 3.8) is 0 Å². The Bertz CT molecular complexity index is 373. The Labute approximate surface area is 107 Å². The molecule has 0 fully saturated rings. The molecule has 0 spiro atoms. The van der Waals surface area contributed by atoms with Crippen molar-refractivity contribution in [1.82, 2.24) is 4.90 Å². The number of nitrogens with zero attached hydrogens (tertiary/aromatic N) is 1. The summed E-state index contributed by atoms with van der Waals surface area (Å²) in [6.45, 7) is 2.51. The molecule has 5 heteroatoms. The first-order chi connectivity index (χ1) is 7.54. The Hall–Kier alpha value is -1.13. The molecule has 0 radical (unpaired) electrons. The highest BCUT2D eigenvalue weighted by Gasteiger charge is 2.15. The fraction of sp³-hybridized carbons (Fsp3) is 0.417. The van der Waals surface area contributed by atoms with Crippen LogP contribution in [0.3, 0.4) is 0 Å². The normalized spacial score (nSPS) is 11.5. The smallest absolute Gasteiger partial charge is 0.226 e. The molecule has 2 N–H and O–H groups in total. The third-order valence-electron chi connectivity index (χ3n) is 2.46. The van der Waals surface area contributed by atoms with E-state index in [1.807, 2.05) is 0 Å². The molecule has 0 saturated carbocycles. The molecular weight excluding hydrogens is 243 g/mol. The number of benzene rings is 1. The summed E-state index contributed by atoms with van der Waals surface area (Å²) >= 11 is 0. The van der Waals surface area contributed by atoms with Gasteiger partial charge in [0.15, 0.2) is 0 Å². The van der Waals surface area contributed by atoms with Gasteiger partial charge in [0.25, 0.3) is 0 Å². The van der Waals surface area contributed by atoms with Gasteiger partial charge in [-0.25, -0.2) is 4.39 Å². The number of halogens is 2. The first-order valence-corrected chi connectivity index (χ1v) is 5.24. The van der Waals surface area contributed by atoms with E-state index in [4.69, 9.17) is 5.73 Å². The second-order valence-corrected chi connectivity index (χ2v) is 3.96. The van der Waals surface area contributed by atoms with Crippen molar-refractivity contribution < 1.29 is 9.18 Å². The molecular formula is C12H18ClFN2O. The van der Waals surface area contributed by atoms with E-state index in [0.29, 0.717) is 13.1 Å². The Morgan fingerprint density at radius 1 is 1.53 bits per heavy atom. The molecule has 17 heavy (non-hydrogen) atoms. The van der Waals surface area contributed by atoms with Gasteiger partial charge in [0.05, 0.1) is 0 Å². The van der Waals surface area contributed by atoms with Gasteiger partial charge in [-0.1, -0.05) is 19.1 Å². The molecule has 0 aliphatic rings. The van der Waals surface area contributed by atoms with Gasteiger partial charge in [-0.15, -0.1) is 12.4 Å². The molecule has 96 valence electrons. The lowest BCUT2D eigenvalue weighted by Gasteiger charge is -2.20. The molecule has 0 heterocycles. The van der Waals surface area contributed by atoms with E-state index in [9.17, 15) is 9.18 Å². The lowest BCUT2D eigenvalue weighted by atomic mass is 10.1. The topological polar surface area (TPSA) is 46.3 Å². The zero-order valence-electron chi connectivity index (χ0n) is 10.0. The summed E-state index contributed by atoms with van der Waals surface area (Å²) in [4.78, 5) is 13.3. The Kier molecular flexibility index (Phi) is 6.76. The lowest BCUT2D eigenvalue weighted by molar-refractivity contribution is -0.133. The average Bonchev–Trinajstić information content (AvgIpc) is 2.27. The van der Waals surface area contributed by atoms with Gasteiger partial charge in [0, 0.05) is 26.1 Å². The summed E-state index contributed by atoms with van der Waals surface area (Å²) < 4.78 is 12.9. The maximum atomic E-state index is 12.9. The first kappa shape index (κ1) is 15.9. The molecule has 0 aromatic heterocycles. The van der Waals surface area contributed by atoms with E-state index in [-0.39, 0.29) is 30.0 Å². The second kappa shape index (κ2) is 7.25. The van der Waals surface area contributed by atoms with E-state index in [2.05, 4.69) is 0 Å². The number of amides is 1. The van der Waals surface area contributed by atoms with Crippen LogP contribution in [-0.2, 0) is 11.3 Å². The summed E-state index contributed by atoms with van der Waals surface area (Å²) in [5.74, 6) is -0.504. The summed E-state index contributed by atoms with van der Waals surface area (Å²) in [5, 5.41) is 0. The van der Waals surface area contributed by atoms with Gasteiger partial charge < -0.3 is 10.6 Å². The van der Waals surface area contributed by atoms with Crippen molar-refractivity contribution in [2.24, 2.45) is 11.7 Å². The highest BCUT2D eigenvalue weighted by molar-refractivity contribution is 5.85. The molecule has 1 atom stereocenters. The minimum atomic E-state index is -0.287.